The van der Waals surface area contributed by atoms with Gasteiger partial charge in [-0.25, -0.2) is 0 Å². The van der Waals surface area contributed by atoms with Crippen molar-refractivity contribution in [1.82, 2.24) is 19.3 Å². The summed E-state index contributed by atoms with van der Waals surface area (Å²) in [6.07, 6.45) is -2.58. The standard InChI is InChI=1S/C27H24F3N5O2S/c28-27(29,30)18-2-4-19(5-3-18)34-8-7-16-9-17(1-6-22(16)34)25(36)33-10-20(11-33)32-12-21(13-32)35-14-23-24(26(35)37)31-15-38-23/h1-9,15,20-21,23-24H,10-14H2. The van der Waals surface area contributed by atoms with Gasteiger partial charge in [0.1, 0.15) is 6.04 Å². The molecule has 4 aliphatic heterocycles. The third-order valence-corrected chi connectivity index (χ3v) is 9.13. The first kappa shape index (κ1) is 23.8. The van der Waals surface area contributed by atoms with Crippen LogP contribution in [0.5, 0.6) is 0 Å². The van der Waals surface area contributed by atoms with Crippen LogP contribution in [0, 0.1) is 0 Å². The number of fused-ring (bicyclic) bond motifs is 2. The van der Waals surface area contributed by atoms with Crippen LogP contribution in [-0.2, 0) is 11.0 Å². The molecule has 3 aromatic rings. The van der Waals surface area contributed by atoms with E-state index in [0.29, 0.717) is 30.4 Å². The molecule has 0 radical (unpaired) electrons. The molecule has 5 heterocycles. The zero-order valence-electron chi connectivity index (χ0n) is 20.2. The lowest BCUT2D eigenvalue weighted by molar-refractivity contribution is -0.137. The summed E-state index contributed by atoms with van der Waals surface area (Å²) in [4.78, 5) is 36.2. The Morgan fingerprint density at radius 3 is 2.42 bits per heavy atom. The van der Waals surface area contributed by atoms with Crippen LogP contribution in [0.4, 0.5) is 13.2 Å². The van der Waals surface area contributed by atoms with Crippen molar-refractivity contribution in [3.05, 3.63) is 65.9 Å². The van der Waals surface area contributed by atoms with E-state index >= 15 is 0 Å². The molecule has 2 amide bonds. The second-order valence-electron chi connectivity index (χ2n) is 10.3. The number of halogens is 3. The van der Waals surface area contributed by atoms with E-state index in [1.807, 2.05) is 32.6 Å². The lowest BCUT2D eigenvalue weighted by Gasteiger charge is -2.53. The molecule has 11 heteroatoms. The summed E-state index contributed by atoms with van der Waals surface area (Å²) >= 11 is 1.65. The molecule has 2 unspecified atom stereocenters. The Labute approximate surface area is 220 Å². The number of nitrogens with zero attached hydrogens (tertiary/aromatic N) is 5. The Hall–Kier alpha value is -3.31. The SMILES string of the molecule is O=C(c1ccc2c(ccn2-c2ccc(C(F)(F)F)cc2)c1)N1CC(N2CC(N3CC4SC=NC4C3=O)C2)C1. The van der Waals surface area contributed by atoms with Crippen molar-refractivity contribution < 1.29 is 22.8 Å². The van der Waals surface area contributed by atoms with E-state index in [0.717, 1.165) is 42.7 Å². The predicted molar refractivity (Wildman–Crippen MR) is 139 cm³/mol. The Morgan fingerprint density at radius 1 is 0.947 bits per heavy atom. The highest BCUT2D eigenvalue weighted by Crippen LogP contribution is 2.35. The van der Waals surface area contributed by atoms with Gasteiger partial charge in [0, 0.05) is 61.6 Å². The second kappa shape index (κ2) is 8.60. The Kier molecular flexibility index (Phi) is 5.38. The number of likely N-dealkylation sites (tertiary alicyclic amines) is 3. The van der Waals surface area contributed by atoms with Gasteiger partial charge in [0.05, 0.1) is 27.9 Å². The molecule has 7 nitrogen and oxygen atoms in total. The number of carbonyl (C=O) groups excluding carboxylic acids is 2. The highest BCUT2D eigenvalue weighted by Gasteiger charge is 2.50. The topological polar surface area (TPSA) is 61.2 Å². The number of hydrogen-bond acceptors (Lipinski definition) is 5. The summed E-state index contributed by atoms with van der Waals surface area (Å²) in [6, 6.07) is 12.7. The maximum absolute atomic E-state index is 13.1. The number of alkyl halides is 3. The quantitative estimate of drug-likeness (QED) is 0.509. The van der Waals surface area contributed by atoms with E-state index in [4.69, 9.17) is 0 Å². The van der Waals surface area contributed by atoms with Crippen molar-refractivity contribution in [2.45, 2.75) is 29.6 Å². The molecule has 0 bridgehead atoms. The Bertz CT molecular complexity index is 1460. The highest BCUT2D eigenvalue weighted by atomic mass is 32.2. The number of thioether (sulfide) groups is 1. The van der Waals surface area contributed by atoms with Gasteiger partial charge in [0.25, 0.3) is 5.91 Å². The summed E-state index contributed by atoms with van der Waals surface area (Å²) in [5.74, 6) is 0.119. The van der Waals surface area contributed by atoms with E-state index in [-0.39, 0.29) is 29.1 Å². The van der Waals surface area contributed by atoms with Crippen molar-refractivity contribution in [1.29, 1.82) is 0 Å². The minimum Gasteiger partial charge on any atom is -0.335 e. The molecule has 4 aliphatic rings. The molecule has 2 atom stereocenters. The van der Waals surface area contributed by atoms with E-state index in [1.54, 1.807) is 29.6 Å². The molecule has 7 rings (SSSR count). The number of benzene rings is 2. The van der Waals surface area contributed by atoms with Crippen LogP contribution < -0.4 is 0 Å². The largest absolute Gasteiger partial charge is 0.416 e. The highest BCUT2D eigenvalue weighted by molar-refractivity contribution is 8.13. The van der Waals surface area contributed by atoms with Crippen LogP contribution in [0.3, 0.4) is 0 Å². The van der Waals surface area contributed by atoms with Crippen LogP contribution in [0.1, 0.15) is 15.9 Å². The molecule has 2 aromatic carbocycles. The third-order valence-electron chi connectivity index (χ3n) is 8.13. The third kappa shape index (κ3) is 3.82. The van der Waals surface area contributed by atoms with Gasteiger partial charge in [0.15, 0.2) is 0 Å². The fourth-order valence-electron chi connectivity index (χ4n) is 5.83. The van der Waals surface area contributed by atoms with Crippen molar-refractivity contribution in [2.75, 3.05) is 32.7 Å². The van der Waals surface area contributed by atoms with Crippen molar-refractivity contribution in [3.8, 4) is 5.69 Å². The molecule has 0 saturated carbocycles. The summed E-state index contributed by atoms with van der Waals surface area (Å²) in [5.41, 5.74) is 3.14. The van der Waals surface area contributed by atoms with Crippen molar-refractivity contribution in [3.63, 3.8) is 0 Å². The maximum Gasteiger partial charge on any atom is 0.416 e. The summed E-state index contributed by atoms with van der Waals surface area (Å²) < 4.78 is 40.5. The van der Waals surface area contributed by atoms with Gasteiger partial charge in [-0.1, -0.05) is 0 Å². The first-order valence-electron chi connectivity index (χ1n) is 12.6. The predicted octanol–water partition coefficient (Wildman–Crippen LogP) is 3.51. The maximum atomic E-state index is 13.1. The molecule has 3 fully saturated rings. The minimum absolute atomic E-state index is 0.0278. The van der Waals surface area contributed by atoms with Gasteiger partial charge in [-0.3, -0.25) is 19.5 Å². The summed E-state index contributed by atoms with van der Waals surface area (Å²) in [6.45, 7) is 3.78. The average Bonchev–Trinajstić information content (AvgIpc) is 3.55. The van der Waals surface area contributed by atoms with E-state index in [9.17, 15) is 22.8 Å². The van der Waals surface area contributed by atoms with Gasteiger partial charge in [0.2, 0.25) is 5.91 Å². The van der Waals surface area contributed by atoms with Gasteiger partial charge < -0.3 is 14.4 Å². The molecule has 38 heavy (non-hydrogen) atoms. The van der Waals surface area contributed by atoms with Crippen molar-refractivity contribution >= 4 is 40.0 Å². The van der Waals surface area contributed by atoms with Crippen LogP contribution in [-0.4, -0.2) is 92.7 Å². The van der Waals surface area contributed by atoms with E-state index in [2.05, 4.69) is 9.89 Å². The lowest BCUT2D eigenvalue weighted by Crippen LogP contribution is -2.70. The zero-order valence-corrected chi connectivity index (χ0v) is 21.0. The number of aromatic nitrogens is 1. The minimum atomic E-state index is -4.37. The van der Waals surface area contributed by atoms with Crippen LogP contribution >= 0.6 is 11.8 Å². The van der Waals surface area contributed by atoms with E-state index < -0.39 is 11.7 Å². The van der Waals surface area contributed by atoms with Gasteiger partial charge in [-0.2, -0.15) is 13.2 Å². The van der Waals surface area contributed by atoms with Crippen LogP contribution in [0.25, 0.3) is 16.6 Å². The van der Waals surface area contributed by atoms with Gasteiger partial charge in [-0.15, -0.1) is 11.8 Å². The molecule has 196 valence electrons. The van der Waals surface area contributed by atoms with Crippen LogP contribution in [0.15, 0.2) is 59.7 Å². The van der Waals surface area contributed by atoms with Gasteiger partial charge >= 0.3 is 6.18 Å². The van der Waals surface area contributed by atoms with Gasteiger partial charge in [-0.05, 0) is 48.5 Å². The number of carbonyl (C=O) groups is 2. The first-order chi connectivity index (χ1) is 18.3. The number of amides is 2. The lowest BCUT2D eigenvalue weighted by atomic mass is 9.98. The van der Waals surface area contributed by atoms with E-state index in [1.165, 1.54) is 12.1 Å². The second-order valence-corrected chi connectivity index (χ2v) is 11.4. The number of aliphatic imine (C=N–C) groups is 1. The summed E-state index contributed by atoms with van der Waals surface area (Å²) in [7, 11) is 0. The monoisotopic (exact) mass is 539 g/mol. The molecular formula is C27H24F3N5O2S. The molecule has 3 saturated heterocycles. The molecule has 0 aliphatic carbocycles. The number of rotatable bonds is 4. The summed E-state index contributed by atoms with van der Waals surface area (Å²) in [5, 5.41) is 1.11. The van der Waals surface area contributed by atoms with Crippen molar-refractivity contribution in [2.24, 2.45) is 4.99 Å². The Balaban J connectivity index is 0.964. The fraction of sp³-hybridized carbons (Fsp3) is 0.370. The number of hydrogen-bond donors (Lipinski definition) is 0. The first-order valence-corrected chi connectivity index (χ1v) is 13.5. The molecule has 0 spiro atoms. The Morgan fingerprint density at radius 2 is 1.71 bits per heavy atom. The molecule has 0 N–H and O–H groups in total. The average molecular weight is 540 g/mol. The smallest absolute Gasteiger partial charge is 0.335 e. The fourth-order valence-corrected chi connectivity index (χ4v) is 6.77. The molecular weight excluding hydrogens is 515 g/mol. The zero-order chi connectivity index (χ0) is 26.2. The normalized spacial score (nSPS) is 24.2. The van der Waals surface area contributed by atoms with Crippen LogP contribution in [0.2, 0.25) is 0 Å². The molecule has 1 aromatic heterocycles.